The molecule has 2 fully saturated rings. The highest BCUT2D eigenvalue weighted by atomic mass is 128. The smallest absolute Gasteiger partial charge is 0.343 e. The van der Waals surface area contributed by atoms with E-state index < -0.39 is 40.3 Å². The van der Waals surface area contributed by atoms with E-state index in [9.17, 15) is 24.3 Å². The first-order valence-corrected chi connectivity index (χ1v) is 26.3. The number of carboxylic acid groups (broad SMARTS) is 1. The quantitative estimate of drug-likeness (QED) is 0.140. The Morgan fingerprint density at radius 1 is 0.661 bits per heavy atom. The molecule has 2 heterocycles. The second-order valence-electron chi connectivity index (χ2n) is 17.3. The first-order chi connectivity index (χ1) is 27.5. The lowest BCUT2D eigenvalue weighted by Gasteiger charge is -2.26. The predicted molar refractivity (Wildman–Crippen MR) is 246 cm³/mol. The lowest BCUT2D eigenvalue weighted by atomic mass is 9.90. The molecule has 0 unspecified atom stereocenters. The largest absolute Gasteiger partial charge is 0.507 e. The van der Waals surface area contributed by atoms with Crippen molar-refractivity contribution in [1.82, 2.24) is 0 Å². The van der Waals surface area contributed by atoms with Gasteiger partial charge in [0.1, 0.15) is 11.1 Å². The summed E-state index contributed by atoms with van der Waals surface area (Å²) in [6.07, 6.45) is 6.85. The molecule has 2 N–H and O–H groups in total. The van der Waals surface area contributed by atoms with Gasteiger partial charge in [-0.25, -0.2) is 9.59 Å². The predicted octanol–water partition coefficient (Wildman–Crippen LogP) is 11.0. The summed E-state index contributed by atoms with van der Waals surface area (Å²) >= 11 is 4.24. The number of carbonyl (C=O) groups excluding carboxylic acids is 3. The summed E-state index contributed by atoms with van der Waals surface area (Å²) in [7, 11) is 3.07. The number of rotatable bonds is 9. The molecule has 2 aromatic rings. The van der Waals surface area contributed by atoms with Crippen LogP contribution >= 0.6 is 37.2 Å². The van der Waals surface area contributed by atoms with Crippen LogP contribution in [0.25, 0.3) is 11.1 Å². The van der Waals surface area contributed by atoms with E-state index in [-0.39, 0.29) is 24.6 Å². The molecule has 6 rings (SSSR count). The normalized spacial score (nSPS) is 17.8. The molecular formula is C46H62I2O11. The van der Waals surface area contributed by atoms with Gasteiger partial charge < -0.3 is 33.9 Å². The molecule has 0 radical (unpaired) electrons. The SMILES string of the molecule is COC(C)(C)CC(=O)O.COC(C)(C)CC(=O)OC1=C(c2c(C)cc(C)cc2C)C(=O)OC12CCCC2.Cc1cc(C)c(C2=C(O)C3(CCCC3)OC2=O)c(C)c1.II. The summed E-state index contributed by atoms with van der Waals surface area (Å²) in [6.45, 7) is 19.1. The molecule has 0 atom stereocenters. The molecule has 0 bridgehead atoms. The molecule has 2 spiro atoms. The highest BCUT2D eigenvalue weighted by Gasteiger charge is 2.53. The maximum Gasteiger partial charge on any atom is 0.343 e. The Morgan fingerprint density at radius 2 is 1.02 bits per heavy atom. The summed E-state index contributed by atoms with van der Waals surface area (Å²) in [5.74, 6) is -1.48. The summed E-state index contributed by atoms with van der Waals surface area (Å²) in [5, 5.41) is 18.9. The van der Waals surface area contributed by atoms with Gasteiger partial charge in [0.05, 0.1) is 24.0 Å². The molecule has 0 amide bonds. The van der Waals surface area contributed by atoms with Gasteiger partial charge in [-0.1, -0.05) is 35.4 Å². The van der Waals surface area contributed by atoms with Crippen molar-refractivity contribution in [3.63, 3.8) is 0 Å². The fourth-order valence-corrected chi connectivity index (χ4v) is 8.49. The Bertz CT molecular complexity index is 1920. The number of aliphatic hydroxyl groups excluding tert-OH is 1. The van der Waals surface area contributed by atoms with Gasteiger partial charge in [-0.3, -0.25) is 9.59 Å². The van der Waals surface area contributed by atoms with E-state index in [0.29, 0.717) is 29.7 Å². The molecule has 13 heteroatoms. The molecule has 0 aromatic heterocycles. The van der Waals surface area contributed by atoms with Crippen molar-refractivity contribution in [1.29, 1.82) is 0 Å². The Labute approximate surface area is 373 Å². The number of hydrogen-bond acceptors (Lipinski definition) is 10. The van der Waals surface area contributed by atoms with Gasteiger partial charge in [0, 0.05) is 51.5 Å². The number of benzene rings is 2. The molecule has 326 valence electrons. The lowest BCUT2D eigenvalue weighted by Crippen LogP contribution is -2.33. The van der Waals surface area contributed by atoms with Crippen LogP contribution < -0.4 is 0 Å². The third kappa shape index (κ3) is 12.1. The fraction of sp³-hybridized carbons (Fsp3) is 0.565. The molecule has 2 saturated carbocycles. The first kappa shape index (κ1) is 50.3. The zero-order chi connectivity index (χ0) is 44.7. The van der Waals surface area contributed by atoms with Gasteiger partial charge in [0.15, 0.2) is 22.7 Å². The van der Waals surface area contributed by atoms with Crippen LogP contribution in [0, 0.1) is 41.5 Å². The van der Waals surface area contributed by atoms with Crippen molar-refractivity contribution >= 4 is 72.3 Å². The van der Waals surface area contributed by atoms with E-state index in [1.165, 1.54) is 7.11 Å². The Hall–Kier alpha value is -3.02. The number of aliphatic carboxylic acids is 1. The number of esters is 3. The number of ether oxygens (including phenoxy) is 5. The number of aliphatic hydroxyl groups is 1. The minimum Gasteiger partial charge on any atom is -0.507 e. The summed E-state index contributed by atoms with van der Waals surface area (Å²) in [6, 6.07) is 8.15. The molecule has 2 aromatic carbocycles. The molecule has 11 nitrogen and oxygen atoms in total. The van der Waals surface area contributed by atoms with Crippen molar-refractivity contribution in [3.05, 3.63) is 80.3 Å². The van der Waals surface area contributed by atoms with E-state index in [2.05, 4.69) is 37.2 Å². The highest BCUT2D eigenvalue weighted by molar-refractivity contribution is 15.0. The molecule has 0 saturated heterocycles. The highest BCUT2D eigenvalue weighted by Crippen LogP contribution is 2.50. The van der Waals surface area contributed by atoms with Gasteiger partial charge in [-0.2, -0.15) is 0 Å². The van der Waals surface area contributed by atoms with Crippen LogP contribution in [0.1, 0.15) is 136 Å². The van der Waals surface area contributed by atoms with Gasteiger partial charge in [0.25, 0.3) is 0 Å². The van der Waals surface area contributed by atoms with Crippen molar-refractivity contribution in [2.24, 2.45) is 0 Å². The Balaban J connectivity index is 0.000000261. The molecule has 2 aliphatic heterocycles. The average Bonchev–Trinajstić information content (AvgIpc) is 3.91. The second kappa shape index (κ2) is 20.7. The van der Waals surface area contributed by atoms with Crippen LogP contribution in [0.2, 0.25) is 0 Å². The summed E-state index contributed by atoms with van der Waals surface area (Å²) < 4.78 is 27.5. The topological polar surface area (TPSA) is 155 Å². The van der Waals surface area contributed by atoms with Crippen LogP contribution in [0.15, 0.2) is 35.8 Å². The van der Waals surface area contributed by atoms with E-state index in [1.807, 2.05) is 79.7 Å². The Morgan fingerprint density at radius 3 is 1.41 bits per heavy atom. The number of aryl methyl sites for hydroxylation is 6. The molecular weight excluding hydrogens is 982 g/mol. The maximum atomic E-state index is 13.0. The first-order valence-electron chi connectivity index (χ1n) is 20.0. The van der Waals surface area contributed by atoms with Crippen molar-refractivity contribution in [2.75, 3.05) is 14.2 Å². The van der Waals surface area contributed by atoms with Gasteiger partial charge >= 0.3 is 23.9 Å². The van der Waals surface area contributed by atoms with E-state index in [4.69, 9.17) is 28.8 Å². The van der Waals surface area contributed by atoms with E-state index >= 15 is 0 Å². The average molecular weight is 1040 g/mol. The van der Waals surface area contributed by atoms with Gasteiger partial charge in [0.2, 0.25) is 0 Å². The molecule has 59 heavy (non-hydrogen) atoms. The van der Waals surface area contributed by atoms with Crippen molar-refractivity contribution < 1.29 is 53.1 Å². The standard InChI is InChI=1S/C23H30O5.C17H20O3.C6H12O3.I2/c1-14-11-15(2)18(16(3)12-14)19-20(27-17(24)13-22(4,5)26-6)23(28-21(19)25)9-7-8-10-23;1-10-8-11(2)13(12(3)9-10)14-15(18)17(20-16(14)19)6-4-5-7-17;1-6(2,9-3)4-5(7)8;1-2/h11-12H,7-10,13H2,1-6H3;8-9,18H,4-7H2,1-3H3;4H2,1-3H3,(H,7,8);. The Kier molecular flexibility index (Phi) is 17.7. The van der Waals surface area contributed by atoms with Crippen LogP contribution in [-0.2, 0) is 42.9 Å². The van der Waals surface area contributed by atoms with Gasteiger partial charge in [-0.15, -0.1) is 0 Å². The number of carboxylic acids is 1. The van der Waals surface area contributed by atoms with Gasteiger partial charge in [-0.05, 0) is 154 Å². The monoisotopic (exact) mass is 1040 g/mol. The van der Waals surface area contributed by atoms with Crippen molar-refractivity contribution in [2.45, 2.75) is 156 Å². The van der Waals surface area contributed by atoms with Crippen LogP contribution in [0.3, 0.4) is 0 Å². The zero-order valence-electron chi connectivity index (χ0n) is 36.7. The second-order valence-corrected chi connectivity index (χ2v) is 17.3. The zero-order valence-corrected chi connectivity index (χ0v) is 41.0. The maximum absolute atomic E-state index is 13.0. The van der Waals surface area contributed by atoms with Crippen molar-refractivity contribution in [3.8, 4) is 0 Å². The number of halogens is 2. The molecule has 4 aliphatic rings. The van der Waals surface area contributed by atoms with Crippen LogP contribution in [0.5, 0.6) is 0 Å². The third-order valence-electron chi connectivity index (χ3n) is 11.4. The number of carbonyl (C=O) groups is 4. The summed E-state index contributed by atoms with van der Waals surface area (Å²) in [5.41, 5.74) is 5.96. The fourth-order valence-electron chi connectivity index (χ4n) is 8.49. The minimum atomic E-state index is -0.832. The number of methoxy groups -OCH3 is 2. The third-order valence-corrected chi connectivity index (χ3v) is 11.4. The summed E-state index contributed by atoms with van der Waals surface area (Å²) in [4.78, 5) is 48.1. The van der Waals surface area contributed by atoms with Crippen LogP contribution in [-0.4, -0.2) is 70.7 Å². The lowest BCUT2D eigenvalue weighted by molar-refractivity contribution is -0.155. The minimum absolute atomic E-state index is 0.0451. The number of hydrogen-bond donors (Lipinski definition) is 2. The van der Waals surface area contributed by atoms with E-state index in [0.717, 1.165) is 83.0 Å². The van der Waals surface area contributed by atoms with Crippen LogP contribution in [0.4, 0.5) is 0 Å². The molecule has 2 aliphatic carbocycles. The van der Waals surface area contributed by atoms with E-state index in [1.54, 1.807) is 21.0 Å².